The minimum absolute atomic E-state index is 0.289. The molecule has 0 fully saturated rings. The van der Waals surface area contributed by atoms with E-state index in [1.165, 1.54) is 10.8 Å². The molecule has 0 radical (unpaired) electrons. The van der Waals surface area contributed by atoms with Crippen LogP contribution in [0.3, 0.4) is 0 Å². The number of aromatic nitrogens is 1. The molecule has 2 aliphatic heterocycles. The number of para-hydroxylation sites is 4. The Balaban J connectivity index is 1.06. The first-order chi connectivity index (χ1) is 23.3. The van der Waals surface area contributed by atoms with Crippen LogP contribution in [0.4, 0.5) is 0 Å². The fourth-order valence-electron chi connectivity index (χ4n) is 7.80. The number of rotatable bonds is 2. The van der Waals surface area contributed by atoms with E-state index in [1.807, 2.05) is 12.1 Å². The number of ether oxygens (including phenoxy) is 1. The van der Waals surface area contributed by atoms with Gasteiger partial charge in [-0.15, -0.1) is 0 Å². The third-order valence-corrected chi connectivity index (χ3v) is 9.90. The smallest absolute Gasteiger partial charge is 0.434 e. The first kappa shape index (κ1) is 25.0. The van der Waals surface area contributed by atoms with Crippen LogP contribution >= 0.6 is 0 Å². The normalized spacial score (nSPS) is 13.0. The summed E-state index contributed by atoms with van der Waals surface area (Å²) in [6, 6.07) is 51.0. The highest BCUT2D eigenvalue weighted by molar-refractivity contribution is 6.84. The minimum atomic E-state index is -0.289. The van der Waals surface area contributed by atoms with E-state index in [1.54, 1.807) is 0 Å². The molecule has 7 aromatic carbocycles. The van der Waals surface area contributed by atoms with Gasteiger partial charge in [-0.1, -0.05) is 91.0 Å². The van der Waals surface area contributed by atoms with Crippen molar-refractivity contribution in [3.63, 3.8) is 0 Å². The fraction of sp³-hybridized carbons (Fsp3) is 0. The molecule has 0 N–H and O–H groups in total. The van der Waals surface area contributed by atoms with E-state index in [0.717, 1.165) is 89.1 Å². The standard InChI is InChI=1S/C42H24BNO3/c1-4-14-34-27(9-1)28-10-2-5-15-35(28)44(34)36-16-8-13-33-42(36)46-39-18-7-12-31-32-23-25(20-22-38(32)47-43(33)41(31)39)26-19-21-30-29-11-3-6-17-37(29)45-40(30)24-26/h1-24H. The summed E-state index contributed by atoms with van der Waals surface area (Å²) in [7, 11) is 0. The third-order valence-electron chi connectivity index (χ3n) is 9.90. The number of fused-ring (bicyclic) bond motifs is 10. The zero-order valence-corrected chi connectivity index (χ0v) is 25.1. The van der Waals surface area contributed by atoms with E-state index in [2.05, 4.69) is 138 Å². The molecule has 0 atom stereocenters. The quantitative estimate of drug-likeness (QED) is 0.185. The highest BCUT2D eigenvalue weighted by Crippen LogP contribution is 2.43. The molecule has 4 nitrogen and oxygen atoms in total. The maximum Gasteiger partial charge on any atom is 0.434 e. The highest BCUT2D eigenvalue weighted by atomic mass is 16.5. The van der Waals surface area contributed by atoms with Crippen molar-refractivity contribution in [1.29, 1.82) is 0 Å². The van der Waals surface area contributed by atoms with E-state index >= 15 is 0 Å². The van der Waals surface area contributed by atoms with E-state index < -0.39 is 0 Å². The lowest BCUT2D eigenvalue weighted by atomic mass is 9.50. The summed E-state index contributed by atoms with van der Waals surface area (Å²) in [6.07, 6.45) is 0. The predicted molar refractivity (Wildman–Crippen MR) is 191 cm³/mol. The Hall–Kier alpha value is -6.20. The molecule has 11 rings (SSSR count). The summed E-state index contributed by atoms with van der Waals surface area (Å²) in [4.78, 5) is 0. The van der Waals surface area contributed by atoms with Crippen molar-refractivity contribution in [2.45, 2.75) is 0 Å². The first-order valence-electron chi connectivity index (χ1n) is 16.0. The van der Waals surface area contributed by atoms with Gasteiger partial charge in [0.2, 0.25) is 0 Å². The van der Waals surface area contributed by atoms with Gasteiger partial charge in [0.05, 0.1) is 16.7 Å². The van der Waals surface area contributed by atoms with Crippen LogP contribution in [0, 0.1) is 0 Å². The molecule has 47 heavy (non-hydrogen) atoms. The largest absolute Gasteiger partial charge is 0.551 e. The highest BCUT2D eigenvalue weighted by Gasteiger charge is 2.41. The average Bonchev–Trinajstić information content (AvgIpc) is 3.67. The number of furan rings is 1. The molecule has 0 saturated heterocycles. The lowest BCUT2D eigenvalue weighted by molar-refractivity contribution is 0.477. The molecule has 0 spiro atoms. The molecule has 5 heteroatoms. The first-order valence-corrected chi connectivity index (χ1v) is 16.0. The zero-order chi connectivity index (χ0) is 30.6. The Morgan fingerprint density at radius 2 is 1.19 bits per heavy atom. The summed E-state index contributed by atoms with van der Waals surface area (Å²) in [6.45, 7) is -0.289. The van der Waals surface area contributed by atoms with Gasteiger partial charge in [-0.3, -0.25) is 0 Å². The monoisotopic (exact) mass is 601 g/mol. The molecule has 2 aliphatic rings. The van der Waals surface area contributed by atoms with Gasteiger partial charge < -0.3 is 18.4 Å². The van der Waals surface area contributed by atoms with Crippen LogP contribution in [0.15, 0.2) is 150 Å². The van der Waals surface area contributed by atoms with Crippen LogP contribution in [-0.4, -0.2) is 11.5 Å². The predicted octanol–water partition coefficient (Wildman–Crippen LogP) is 9.62. The third kappa shape index (κ3) is 3.43. The molecule has 4 heterocycles. The van der Waals surface area contributed by atoms with Crippen LogP contribution in [0.1, 0.15) is 0 Å². The maximum absolute atomic E-state index is 6.91. The Kier molecular flexibility index (Phi) is 4.89. The molecule has 0 bridgehead atoms. The van der Waals surface area contributed by atoms with Crippen molar-refractivity contribution in [2.24, 2.45) is 0 Å². The maximum atomic E-state index is 6.91. The van der Waals surface area contributed by atoms with Crippen molar-refractivity contribution in [3.05, 3.63) is 146 Å². The second-order valence-corrected chi connectivity index (χ2v) is 12.4. The van der Waals surface area contributed by atoms with E-state index in [0.29, 0.717) is 0 Å². The summed E-state index contributed by atoms with van der Waals surface area (Å²) >= 11 is 0. The SMILES string of the molecule is c1cc2c3c(c1)-c1cc(-c4ccc5c(c4)oc4ccccc45)ccc1OB3c1cccc(-n3c4ccccc4c4ccccc43)c1O2. The second-order valence-electron chi connectivity index (χ2n) is 12.4. The van der Waals surface area contributed by atoms with Crippen LogP contribution in [-0.2, 0) is 0 Å². The molecule has 218 valence electrons. The van der Waals surface area contributed by atoms with Gasteiger partial charge in [0, 0.05) is 38.0 Å². The van der Waals surface area contributed by atoms with E-state index in [9.17, 15) is 0 Å². The topological polar surface area (TPSA) is 36.5 Å². The Labute approximate surface area is 270 Å². The van der Waals surface area contributed by atoms with E-state index in [-0.39, 0.29) is 6.92 Å². The second kappa shape index (κ2) is 9.18. The van der Waals surface area contributed by atoms with Gasteiger partial charge in [-0.05, 0) is 71.3 Å². The Morgan fingerprint density at radius 3 is 2.04 bits per heavy atom. The lowest BCUT2D eigenvalue weighted by Crippen LogP contribution is -2.53. The van der Waals surface area contributed by atoms with Crippen molar-refractivity contribution >= 4 is 61.6 Å². The van der Waals surface area contributed by atoms with Crippen LogP contribution < -0.4 is 20.3 Å². The molecular weight excluding hydrogens is 577 g/mol. The van der Waals surface area contributed by atoms with Crippen LogP contribution in [0.5, 0.6) is 17.2 Å². The van der Waals surface area contributed by atoms with Gasteiger partial charge in [0.25, 0.3) is 0 Å². The van der Waals surface area contributed by atoms with Crippen LogP contribution in [0.25, 0.3) is 71.7 Å². The Bertz CT molecular complexity index is 2720. The van der Waals surface area contributed by atoms with Gasteiger partial charge in [-0.2, -0.15) is 0 Å². The molecule has 9 aromatic rings. The van der Waals surface area contributed by atoms with Crippen molar-refractivity contribution in [1.82, 2.24) is 4.57 Å². The molecule has 0 aliphatic carbocycles. The van der Waals surface area contributed by atoms with E-state index in [4.69, 9.17) is 13.8 Å². The summed E-state index contributed by atoms with van der Waals surface area (Å²) < 4.78 is 22.3. The number of hydrogen-bond donors (Lipinski definition) is 0. The number of hydrogen-bond acceptors (Lipinski definition) is 3. The molecule has 0 saturated carbocycles. The molecular formula is C42H24BNO3. The average molecular weight is 601 g/mol. The fourth-order valence-corrected chi connectivity index (χ4v) is 7.80. The van der Waals surface area contributed by atoms with Crippen molar-refractivity contribution in [3.8, 4) is 45.2 Å². The van der Waals surface area contributed by atoms with Gasteiger partial charge in [0.1, 0.15) is 28.4 Å². The summed E-state index contributed by atoms with van der Waals surface area (Å²) in [5.41, 5.74) is 11.6. The molecule has 2 aromatic heterocycles. The number of benzene rings is 7. The van der Waals surface area contributed by atoms with Gasteiger partial charge in [0.15, 0.2) is 0 Å². The number of nitrogens with zero attached hydrogens (tertiary/aromatic N) is 1. The Morgan fingerprint density at radius 1 is 0.489 bits per heavy atom. The molecule has 0 unspecified atom stereocenters. The summed E-state index contributed by atoms with van der Waals surface area (Å²) in [5.74, 6) is 2.52. The molecule has 0 amide bonds. The van der Waals surface area contributed by atoms with Crippen LogP contribution in [0.2, 0.25) is 0 Å². The van der Waals surface area contributed by atoms with Crippen molar-refractivity contribution < 1.29 is 13.8 Å². The van der Waals surface area contributed by atoms with Crippen molar-refractivity contribution in [2.75, 3.05) is 0 Å². The summed E-state index contributed by atoms with van der Waals surface area (Å²) in [5, 5.41) is 4.70. The van der Waals surface area contributed by atoms with Gasteiger partial charge >= 0.3 is 6.92 Å². The lowest BCUT2D eigenvalue weighted by Gasteiger charge is -2.33. The zero-order valence-electron chi connectivity index (χ0n) is 25.1. The minimum Gasteiger partial charge on any atom is -0.551 e. The van der Waals surface area contributed by atoms with Gasteiger partial charge in [-0.25, -0.2) is 0 Å².